The molecule has 4 heterocycles. The SMILES string of the molecule is C=C(/C=C\C(=C/C)C12CC3(C(=O)N[C@H]4CN5CCC4CC5)C[C@](CF)(C1)C[C@@](c1ccccc1)(C3)C2)[C@]12CC3CC(C(=O)NC4CCNCC4)(C[C@](COCC)(C3)C1)C2. The highest BCUT2D eigenvalue weighted by Gasteiger charge is 2.71. The second kappa shape index (κ2) is 14.6. The minimum absolute atomic E-state index is 0.0226. The van der Waals surface area contributed by atoms with Crippen LogP contribution in [0.4, 0.5) is 4.39 Å². The average Bonchev–Trinajstić information content (AvgIpc) is 3.23. The first-order valence-corrected chi connectivity index (χ1v) is 23.7. The number of carbonyl (C=O) groups excluding carboxylic acids is 2. The lowest BCUT2D eigenvalue weighted by Gasteiger charge is -2.70. The van der Waals surface area contributed by atoms with Gasteiger partial charge in [-0.1, -0.05) is 55.1 Å². The van der Waals surface area contributed by atoms with E-state index in [9.17, 15) is 4.79 Å². The van der Waals surface area contributed by atoms with Crippen molar-refractivity contribution in [1.82, 2.24) is 20.9 Å². The van der Waals surface area contributed by atoms with Crippen LogP contribution in [-0.4, -0.2) is 81.4 Å². The number of carbonyl (C=O) groups is 2. The summed E-state index contributed by atoms with van der Waals surface area (Å²) < 4.78 is 22.3. The first-order chi connectivity index (χ1) is 28.4. The summed E-state index contributed by atoms with van der Waals surface area (Å²) in [4.78, 5) is 32.2. The Labute approximate surface area is 353 Å². The number of halogens is 1. The third kappa shape index (κ3) is 6.65. The van der Waals surface area contributed by atoms with Crippen molar-refractivity contribution < 1.29 is 18.7 Å². The summed E-state index contributed by atoms with van der Waals surface area (Å²) >= 11 is 0. The summed E-state index contributed by atoms with van der Waals surface area (Å²) in [6.45, 7) is 15.3. The van der Waals surface area contributed by atoms with Crippen LogP contribution in [-0.2, 0) is 19.7 Å². The molecule has 4 saturated heterocycles. The minimum Gasteiger partial charge on any atom is -0.381 e. The number of nitrogens with zero attached hydrogens (tertiary/aromatic N) is 1. The lowest BCUT2D eigenvalue weighted by atomic mass is 9.33. The fraction of sp³-hybridized carbons (Fsp3) is 0.725. The molecule has 0 radical (unpaired) electrons. The van der Waals surface area contributed by atoms with Crippen LogP contribution in [0.1, 0.15) is 122 Å². The van der Waals surface area contributed by atoms with Gasteiger partial charge in [-0.3, -0.25) is 14.0 Å². The zero-order valence-electron chi connectivity index (χ0n) is 36.2. The molecule has 8 saturated carbocycles. The van der Waals surface area contributed by atoms with Gasteiger partial charge in [0.2, 0.25) is 11.8 Å². The maximum absolute atomic E-state index is 16.0. The van der Waals surface area contributed by atoms with Crippen LogP contribution >= 0.6 is 0 Å². The predicted molar refractivity (Wildman–Crippen MR) is 231 cm³/mol. The van der Waals surface area contributed by atoms with Gasteiger partial charge in [0.15, 0.2) is 0 Å². The standard InChI is InChI=1S/C51H71FN4O3/c1-4-39(12-11-36(3)47-22-37-21-45(25-47,35-59-5-2)26-48(23-37,30-47)43(57)54-41-13-17-53-18-14-41)49-27-46(34-52)28-50(31-49,40-9-7-6-8-10-40)33-51(29-46,32-49)44(58)55-42-24-56-19-15-38(42)16-20-56/h4,6-12,37-38,41-42,53H,3,5,13-35H2,1-2H3,(H,54,57)(H,55,58)/b12-11-,39-4+/t37?,42-,45-,46-,47+,48?,49?,50-,51?/m0/s1. The van der Waals surface area contributed by atoms with Crippen LogP contribution < -0.4 is 16.0 Å². The topological polar surface area (TPSA) is 82.7 Å². The molecule has 3 N–H and O–H groups in total. The fourth-order valence-electron chi connectivity index (χ4n) is 17.1. The zero-order valence-corrected chi connectivity index (χ0v) is 36.2. The van der Waals surface area contributed by atoms with E-state index in [0.717, 1.165) is 135 Å². The van der Waals surface area contributed by atoms with Crippen molar-refractivity contribution in [2.45, 2.75) is 134 Å². The molecule has 12 fully saturated rings. The van der Waals surface area contributed by atoms with Gasteiger partial charge in [-0.25, -0.2) is 0 Å². The van der Waals surface area contributed by atoms with Gasteiger partial charge in [0, 0.05) is 30.7 Å². The van der Waals surface area contributed by atoms with Crippen molar-refractivity contribution in [3.63, 3.8) is 0 Å². The average molecular weight is 807 g/mol. The summed E-state index contributed by atoms with van der Waals surface area (Å²) in [7, 11) is 0. The van der Waals surface area contributed by atoms with Crippen LogP contribution in [0.3, 0.4) is 0 Å². The maximum Gasteiger partial charge on any atom is 0.226 e. The molecule has 10 bridgehead atoms. The van der Waals surface area contributed by atoms with Gasteiger partial charge in [0.25, 0.3) is 0 Å². The Morgan fingerprint density at radius 3 is 2.22 bits per heavy atom. The molecule has 0 aromatic heterocycles. The molecule has 320 valence electrons. The molecule has 4 aliphatic heterocycles. The van der Waals surface area contributed by atoms with E-state index in [1.165, 1.54) is 11.1 Å². The smallest absolute Gasteiger partial charge is 0.226 e. The highest BCUT2D eigenvalue weighted by atomic mass is 19.1. The number of hydrogen-bond acceptors (Lipinski definition) is 5. The molecule has 7 nitrogen and oxygen atoms in total. The van der Waals surface area contributed by atoms with Gasteiger partial charge in [-0.05, 0) is 193 Å². The van der Waals surface area contributed by atoms with E-state index < -0.39 is 16.2 Å². The van der Waals surface area contributed by atoms with Crippen molar-refractivity contribution in [3.8, 4) is 0 Å². The maximum atomic E-state index is 16.0. The van der Waals surface area contributed by atoms with Crippen molar-refractivity contribution in [2.24, 2.45) is 44.3 Å². The molecule has 0 spiro atoms. The van der Waals surface area contributed by atoms with Crippen molar-refractivity contribution in [2.75, 3.05) is 52.6 Å². The van der Waals surface area contributed by atoms with Crippen molar-refractivity contribution in [3.05, 3.63) is 71.8 Å². The van der Waals surface area contributed by atoms with Crippen LogP contribution in [0, 0.1) is 44.3 Å². The van der Waals surface area contributed by atoms with Crippen LogP contribution in [0.2, 0.25) is 0 Å². The Morgan fingerprint density at radius 2 is 1.51 bits per heavy atom. The highest BCUT2D eigenvalue weighted by molar-refractivity contribution is 5.85. The van der Waals surface area contributed by atoms with Crippen LogP contribution in [0.25, 0.3) is 0 Å². The lowest BCUT2D eigenvalue weighted by molar-refractivity contribution is -0.181. The van der Waals surface area contributed by atoms with Gasteiger partial charge in [0.05, 0.1) is 24.1 Å². The number of benzene rings is 1. The molecular weight excluding hydrogens is 736 g/mol. The second-order valence-corrected chi connectivity index (χ2v) is 22.4. The molecule has 4 unspecified atom stereocenters. The Hall–Kier alpha value is -2.81. The van der Waals surface area contributed by atoms with Gasteiger partial charge in [-0.2, -0.15) is 0 Å². The lowest BCUT2D eigenvalue weighted by Crippen LogP contribution is -2.68. The fourth-order valence-corrected chi connectivity index (χ4v) is 17.1. The normalized spacial score (nSPS) is 44.6. The predicted octanol–water partition coefficient (Wildman–Crippen LogP) is 8.37. The van der Waals surface area contributed by atoms with E-state index in [4.69, 9.17) is 11.3 Å². The minimum atomic E-state index is -0.623. The number of fused-ring (bicyclic) bond motifs is 3. The zero-order chi connectivity index (χ0) is 40.7. The number of hydrogen-bond donors (Lipinski definition) is 3. The van der Waals surface area contributed by atoms with Crippen LogP contribution in [0.15, 0.2) is 66.3 Å². The molecule has 12 aliphatic rings. The monoisotopic (exact) mass is 807 g/mol. The largest absolute Gasteiger partial charge is 0.381 e. The van der Waals surface area contributed by atoms with E-state index in [0.29, 0.717) is 31.5 Å². The second-order valence-electron chi connectivity index (χ2n) is 22.4. The molecule has 8 heteroatoms. The molecular formula is C51H71FN4O3. The third-order valence-corrected chi connectivity index (χ3v) is 18.3. The van der Waals surface area contributed by atoms with E-state index in [-0.39, 0.29) is 52.2 Å². The quantitative estimate of drug-likeness (QED) is 0.175. The number of rotatable bonds is 13. The van der Waals surface area contributed by atoms with Gasteiger partial charge < -0.3 is 25.6 Å². The van der Waals surface area contributed by atoms with Gasteiger partial charge >= 0.3 is 0 Å². The van der Waals surface area contributed by atoms with Gasteiger partial charge in [0.1, 0.15) is 0 Å². The first-order valence-electron chi connectivity index (χ1n) is 23.7. The Balaban J connectivity index is 0.977. The third-order valence-electron chi connectivity index (χ3n) is 18.3. The van der Waals surface area contributed by atoms with Crippen molar-refractivity contribution in [1.29, 1.82) is 0 Å². The number of alkyl halides is 1. The first kappa shape index (κ1) is 40.3. The summed E-state index contributed by atoms with van der Waals surface area (Å²) in [6.07, 6.45) is 21.9. The Morgan fingerprint density at radius 1 is 0.831 bits per heavy atom. The van der Waals surface area contributed by atoms with Gasteiger partial charge in [-0.15, -0.1) is 0 Å². The number of piperidine rings is 4. The number of nitrogens with one attached hydrogen (secondary N) is 3. The molecule has 1 aromatic rings. The highest BCUT2D eigenvalue weighted by Crippen LogP contribution is 2.76. The molecule has 1 aromatic carbocycles. The molecule has 8 aliphatic carbocycles. The molecule has 9 atom stereocenters. The van der Waals surface area contributed by atoms with E-state index in [1.54, 1.807) is 0 Å². The number of ether oxygens (including phenoxy) is 1. The summed E-state index contributed by atoms with van der Waals surface area (Å²) in [6, 6.07) is 11.3. The van der Waals surface area contributed by atoms with E-state index in [2.05, 4.69) is 83.3 Å². The number of amides is 2. The molecule has 13 rings (SSSR count). The van der Waals surface area contributed by atoms with Crippen LogP contribution in [0.5, 0.6) is 0 Å². The van der Waals surface area contributed by atoms with Crippen molar-refractivity contribution >= 4 is 11.8 Å². The number of allylic oxidation sites excluding steroid dienone is 5. The summed E-state index contributed by atoms with van der Waals surface area (Å²) in [5, 5.41) is 10.7. The summed E-state index contributed by atoms with van der Waals surface area (Å²) in [5.74, 6) is 1.47. The molecule has 59 heavy (non-hydrogen) atoms. The van der Waals surface area contributed by atoms with E-state index in [1.807, 2.05) is 0 Å². The Bertz CT molecular complexity index is 1890. The summed E-state index contributed by atoms with van der Waals surface area (Å²) in [5.41, 5.74) is 1.29. The Kier molecular flexibility index (Phi) is 10.00. The molecule has 2 amide bonds. The van der Waals surface area contributed by atoms with E-state index >= 15 is 9.18 Å².